The van der Waals surface area contributed by atoms with Crippen LogP contribution in [0.5, 0.6) is 0 Å². The summed E-state index contributed by atoms with van der Waals surface area (Å²) in [6.07, 6.45) is 4.71. The Kier molecular flexibility index (Phi) is 3.89. The molecule has 4 heteroatoms. The summed E-state index contributed by atoms with van der Waals surface area (Å²) < 4.78 is 12.1. The Morgan fingerprint density at radius 1 is 1.23 bits per heavy atom. The predicted octanol–water partition coefficient (Wildman–Crippen LogP) is 2.49. The van der Waals surface area contributed by atoms with Gasteiger partial charge in [-0.3, -0.25) is 4.79 Å². The number of ether oxygens (including phenoxy) is 2. The molecule has 3 aliphatic rings. The zero-order valence-electron chi connectivity index (χ0n) is 12.8. The van der Waals surface area contributed by atoms with Crippen LogP contribution in [0, 0.1) is 5.92 Å². The smallest absolute Gasteiger partial charge is 0.254 e. The first-order valence-corrected chi connectivity index (χ1v) is 8.42. The lowest BCUT2D eigenvalue weighted by Crippen LogP contribution is -2.43. The maximum absolute atomic E-state index is 12.8. The van der Waals surface area contributed by atoms with E-state index in [1.807, 2.05) is 35.2 Å². The van der Waals surface area contributed by atoms with E-state index in [4.69, 9.17) is 9.47 Å². The third-order valence-electron chi connectivity index (χ3n) is 5.00. The fourth-order valence-corrected chi connectivity index (χ4v) is 3.58. The van der Waals surface area contributed by atoms with Crippen molar-refractivity contribution in [3.63, 3.8) is 0 Å². The monoisotopic (exact) mass is 301 g/mol. The number of rotatable bonds is 4. The molecule has 4 rings (SSSR count). The fraction of sp³-hybridized carbons (Fsp3) is 0.611. The molecule has 118 valence electrons. The SMILES string of the molecule is O=C(c1ccccc1)N1C[C@@H](OCC2CC2)[C@H]2OCCC[C@H]21. The first-order valence-electron chi connectivity index (χ1n) is 8.42. The molecule has 0 unspecified atom stereocenters. The van der Waals surface area contributed by atoms with Crippen LogP contribution < -0.4 is 0 Å². The van der Waals surface area contributed by atoms with Gasteiger partial charge < -0.3 is 14.4 Å². The molecule has 1 aromatic rings. The largest absolute Gasteiger partial charge is 0.373 e. The number of hydrogen-bond donors (Lipinski definition) is 0. The summed E-state index contributed by atoms with van der Waals surface area (Å²) in [6.45, 7) is 2.28. The highest BCUT2D eigenvalue weighted by Crippen LogP contribution is 2.34. The van der Waals surface area contributed by atoms with Gasteiger partial charge in [0.05, 0.1) is 12.6 Å². The highest BCUT2D eigenvalue weighted by molar-refractivity contribution is 5.94. The van der Waals surface area contributed by atoms with Gasteiger partial charge in [0.2, 0.25) is 0 Å². The van der Waals surface area contributed by atoms with E-state index in [1.165, 1.54) is 12.8 Å². The molecular formula is C18H23NO3. The average Bonchev–Trinajstić information content (AvgIpc) is 3.34. The van der Waals surface area contributed by atoms with Crippen molar-refractivity contribution in [3.8, 4) is 0 Å². The Hall–Kier alpha value is -1.39. The highest BCUT2D eigenvalue weighted by Gasteiger charge is 2.47. The van der Waals surface area contributed by atoms with Crippen LogP contribution in [0.1, 0.15) is 36.0 Å². The van der Waals surface area contributed by atoms with E-state index in [0.717, 1.165) is 37.5 Å². The van der Waals surface area contributed by atoms with Gasteiger partial charge in [-0.2, -0.15) is 0 Å². The van der Waals surface area contributed by atoms with Crippen molar-refractivity contribution < 1.29 is 14.3 Å². The van der Waals surface area contributed by atoms with Crippen molar-refractivity contribution >= 4 is 5.91 Å². The second kappa shape index (κ2) is 6.01. The minimum Gasteiger partial charge on any atom is -0.373 e. The second-order valence-corrected chi connectivity index (χ2v) is 6.68. The molecule has 1 aliphatic carbocycles. The Bertz CT molecular complexity index is 528. The van der Waals surface area contributed by atoms with Crippen LogP contribution in [0.2, 0.25) is 0 Å². The molecule has 0 spiro atoms. The van der Waals surface area contributed by atoms with Gasteiger partial charge in [0.1, 0.15) is 12.2 Å². The molecule has 0 aromatic heterocycles. The van der Waals surface area contributed by atoms with E-state index in [1.54, 1.807) is 0 Å². The summed E-state index contributed by atoms with van der Waals surface area (Å²) in [7, 11) is 0. The molecule has 2 heterocycles. The van der Waals surface area contributed by atoms with Crippen molar-refractivity contribution in [2.24, 2.45) is 5.92 Å². The molecule has 0 N–H and O–H groups in total. The minimum atomic E-state index is 0.0403. The molecule has 0 radical (unpaired) electrons. The second-order valence-electron chi connectivity index (χ2n) is 6.68. The summed E-state index contributed by atoms with van der Waals surface area (Å²) in [5.74, 6) is 0.847. The zero-order chi connectivity index (χ0) is 14.9. The van der Waals surface area contributed by atoms with Crippen molar-refractivity contribution in [2.45, 2.75) is 43.9 Å². The molecule has 3 atom stereocenters. The molecular weight excluding hydrogens is 278 g/mol. The molecule has 0 bridgehead atoms. The summed E-state index contributed by atoms with van der Waals surface area (Å²) in [6, 6.07) is 9.72. The van der Waals surface area contributed by atoms with Crippen LogP contribution in [0.3, 0.4) is 0 Å². The van der Waals surface area contributed by atoms with E-state index >= 15 is 0 Å². The maximum atomic E-state index is 12.8. The number of nitrogens with zero attached hydrogens (tertiary/aromatic N) is 1. The Labute approximate surface area is 131 Å². The number of amides is 1. The van der Waals surface area contributed by atoms with Crippen molar-refractivity contribution in [1.82, 2.24) is 4.90 Å². The van der Waals surface area contributed by atoms with E-state index in [2.05, 4.69) is 0 Å². The van der Waals surface area contributed by atoms with Gasteiger partial charge in [-0.25, -0.2) is 0 Å². The lowest BCUT2D eigenvalue weighted by atomic mass is 10.0. The topological polar surface area (TPSA) is 38.8 Å². The van der Waals surface area contributed by atoms with Crippen LogP contribution in [-0.4, -0.2) is 48.8 Å². The van der Waals surface area contributed by atoms with Crippen LogP contribution in [0.15, 0.2) is 30.3 Å². The summed E-state index contributed by atoms with van der Waals surface area (Å²) in [4.78, 5) is 14.8. The number of fused-ring (bicyclic) bond motifs is 1. The first-order chi connectivity index (χ1) is 10.8. The van der Waals surface area contributed by atoms with Gasteiger partial charge in [0.25, 0.3) is 5.91 Å². The van der Waals surface area contributed by atoms with Crippen LogP contribution in [0.25, 0.3) is 0 Å². The Morgan fingerprint density at radius 2 is 2.05 bits per heavy atom. The van der Waals surface area contributed by atoms with Crippen molar-refractivity contribution in [3.05, 3.63) is 35.9 Å². The molecule has 4 nitrogen and oxygen atoms in total. The van der Waals surface area contributed by atoms with Gasteiger partial charge in [0, 0.05) is 18.8 Å². The molecule has 1 saturated carbocycles. The average molecular weight is 301 g/mol. The molecule has 1 aromatic carbocycles. The summed E-state index contributed by atoms with van der Waals surface area (Å²) in [5.41, 5.74) is 0.759. The van der Waals surface area contributed by atoms with Gasteiger partial charge in [-0.15, -0.1) is 0 Å². The standard InChI is InChI=1S/C18H23NO3/c20-18(14-5-2-1-3-6-14)19-11-16(22-12-13-8-9-13)17-15(19)7-4-10-21-17/h1-3,5-6,13,15-17H,4,7-12H2/t15-,16-,17+/m1/s1. The Balaban J connectivity index is 1.49. The third kappa shape index (κ3) is 2.77. The Morgan fingerprint density at radius 3 is 2.82 bits per heavy atom. The first kappa shape index (κ1) is 14.2. The lowest BCUT2D eigenvalue weighted by Gasteiger charge is -2.32. The van der Waals surface area contributed by atoms with Gasteiger partial charge >= 0.3 is 0 Å². The quantitative estimate of drug-likeness (QED) is 0.857. The molecule has 2 aliphatic heterocycles. The van der Waals surface area contributed by atoms with Crippen molar-refractivity contribution in [1.29, 1.82) is 0 Å². The van der Waals surface area contributed by atoms with Gasteiger partial charge in [-0.05, 0) is 43.7 Å². The third-order valence-corrected chi connectivity index (χ3v) is 5.00. The van der Waals surface area contributed by atoms with Crippen LogP contribution in [-0.2, 0) is 9.47 Å². The highest BCUT2D eigenvalue weighted by atomic mass is 16.5. The zero-order valence-corrected chi connectivity index (χ0v) is 12.8. The molecule has 2 saturated heterocycles. The van der Waals surface area contributed by atoms with Crippen molar-refractivity contribution in [2.75, 3.05) is 19.8 Å². The fourth-order valence-electron chi connectivity index (χ4n) is 3.58. The number of carbonyl (C=O) groups is 1. The van der Waals surface area contributed by atoms with E-state index in [0.29, 0.717) is 6.54 Å². The normalized spacial score (nSPS) is 31.1. The number of carbonyl (C=O) groups excluding carboxylic acids is 1. The number of hydrogen-bond acceptors (Lipinski definition) is 3. The van der Waals surface area contributed by atoms with E-state index in [-0.39, 0.29) is 24.2 Å². The number of benzene rings is 1. The van der Waals surface area contributed by atoms with Crippen LogP contribution >= 0.6 is 0 Å². The van der Waals surface area contributed by atoms with Gasteiger partial charge in [0.15, 0.2) is 0 Å². The lowest BCUT2D eigenvalue weighted by molar-refractivity contribution is -0.0781. The van der Waals surface area contributed by atoms with E-state index < -0.39 is 0 Å². The molecule has 3 fully saturated rings. The molecule has 1 amide bonds. The summed E-state index contributed by atoms with van der Waals surface area (Å²) in [5, 5.41) is 0. The van der Waals surface area contributed by atoms with Gasteiger partial charge in [-0.1, -0.05) is 18.2 Å². The predicted molar refractivity (Wildman–Crippen MR) is 82.7 cm³/mol. The van der Waals surface area contributed by atoms with E-state index in [9.17, 15) is 4.79 Å². The number of likely N-dealkylation sites (tertiary alicyclic amines) is 1. The maximum Gasteiger partial charge on any atom is 0.254 e. The minimum absolute atomic E-state index is 0.0403. The summed E-state index contributed by atoms with van der Waals surface area (Å²) >= 11 is 0. The molecule has 22 heavy (non-hydrogen) atoms. The van der Waals surface area contributed by atoms with Crippen LogP contribution in [0.4, 0.5) is 0 Å².